The summed E-state index contributed by atoms with van der Waals surface area (Å²) in [6, 6.07) is 3.70. The Kier molecular flexibility index (Phi) is 4.52. The van der Waals surface area contributed by atoms with Crippen LogP contribution in [0.3, 0.4) is 0 Å². The van der Waals surface area contributed by atoms with Gasteiger partial charge in [0.25, 0.3) is 0 Å². The number of rotatable bonds is 5. The van der Waals surface area contributed by atoms with E-state index in [9.17, 15) is 9.18 Å². The Labute approximate surface area is 121 Å². The lowest BCUT2D eigenvalue weighted by Gasteiger charge is -2.09. The molecule has 0 radical (unpaired) electrons. The molecule has 2 N–H and O–H groups in total. The van der Waals surface area contributed by atoms with Gasteiger partial charge in [-0.3, -0.25) is 0 Å². The van der Waals surface area contributed by atoms with Crippen molar-refractivity contribution in [2.75, 3.05) is 5.73 Å². The predicted octanol–water partition coefficient (Wildman–Crippen LogP) is 2.01. The van der Waals surface area contributed by atoms with Crippen LogP contribution in [0, 0.1) is 11.7 Å². The highest BCUT2D eigenvalue weighted by Crippen LogP contribution is 2.13. The van der Waals surface area contributed by atoms with Gasteiger partial charge in [-0.15, -0.1) is 0 Å². The van der Waals surface area contributed by atoms with Gasteiger partial charge in [0.1, 0.15) is 12.1 Å². The highest BCUT2D eigenvalue weighted by Gasteiger charge is 2.12. The Balaban J connectivity index is 2.01. The van der Waals surface area contributed by atoms with Crippen LogP contribution in [0.1, 0.15) is 30.0 Å². The number of nitrogens with two attached hydrogens (primary N) is 1. The standard InChI is InChI=1S/C14H17FN4O2/c1-9(2)6-19-13(17-8-18-19)7-21-14(20)10-3-4-11(15)12(16)5-10/h3-5,8-9H,6-7,16H2,1-2H3. The number of benzene rings is 1. The minimum atomic E-state index is -0.583. The molecule has 0 spiro atoms. The summed E-state index contributed by atoms with van der Waals surface area (Å²) in [6.45, 7) is 4.80. The highest BCUT2D eigenvalue weighted by atomic mass is 19.1. The van der Waals surface area contributed by atoms with Crippen LogP contribution in [0.5, 0.6) is 0 Å². The minimum Gasteiger partial charge on any atom is -0.454 e. The van der Waals surface area contributed by atoms with E-state index in [4.69, 9.17) is 10.5 Å². The third kappa shape index (κ3) is 3.77. The second kappa shape index (κ2) is 6.34. The van der Waals surface area contributed by atoms with Crippen LogP contribution in [0.2, 0.25) is 0 Å². The first-order valence-electron chi connectivity index (χ1n) is 6.56. The first-order chi connectivity index (χ1) is 9.97. The van der Waals surface area contributed by atoms with Crippen molar-refractivity contribution in [3.63, 3.8) is 0 Å². The fourth-order valence-corrected chi connectivity index (χ4v) is 1.78. The summed E-state index contributed by atoms with van der Waals surface area (Å²) in [5, 5.41) is 4.08. The van der Waals surface area contributed by atoms with Crippen molar-refractivity contribution in [3.05, 3.63) is 41.7 Å². The molecule has 2 aromatic rings. The molecule has 7 heteroatoms. The Bertz CT molecular complexity index is 640. The molecule has 0 bridgehead atoms. The zero-order chi connectivity index (χ0) is 15.4. The zero-order valence-electron chi connectivity index (χ0n) is 11.9. The lowest BCUT2D eigenvalue weighted by atomic mass is 10.2. The van der Waals surface area contributed by atoms with Gasteiger partial charge in [-0.05, 0) is 24.1 Å². The van der Waals surface area contributed by atoms with Crippen molar-refractivity contribution in [3.8, 4) is 0 Å². The number of esters is 1. The lowest BCUT2D eigenvalue weighted by Crippen LogP contribution is -2.13. The van der Waals surface area contributed by atoms with Gasteiger partial charge in [0.2, 0.25) is 0 Å². The maximum Gasteiger partial charge on any atom is 0.338 e. The van der Waals surface area contributed by atoms with Gasteiger partial charge in [-0.2, -0.15) is 5.10 Å². The first-order valence-corrected chi connectivity index (χ1v) is 6.56. The van der Waals surface area contributed by atoms with Gasteiger partial charge >= 0.3 is 5.97 Å². The Morgan fingerprint density at radius 2 is 2.24 bits per heavy atom. The molecule has 0 atom stereocenters. The molecule has 6 nitrogen and oxygen atoms in total. The molecule has 0 aliphatic heterocycles. The number of halogens is 1. The average molecular weight is 292 g/mol. The van der Waals surface area contributed by atoms with Crippen LogP contribution < -0.4 is 5.73 Å². The van der Waals surface area contributed by atoms with Crippen LogP contribution in [-0.2, 0) is 17.9 Å². The molecule has 2 rings (SSSR count). The quantitative estimate of drug-likeness (QED) is 0.673. The van der Waals surface area contributed by atoms with Crippen LogP contribution >= 0.6 is 0 Å². The molecule has 0 unspecified atom stereocenters. The highest BCUT2D eigenvalue weighted by molar-refractivity contribution is 5.90. The Morgan fingerprint density at radius 1 is 1.48 bits per heavy atom. The monoisotopic (exact) mass is 292 g/mol. The molecule has 0 fully saturated rings. The molecule has 1 heterocycles. The summed E-state index contributed by atoms with van der Waals surface area (Å²) in [5.41, 5.74) is 5.53. The molecule has 112 valence electrons. The summed E-state index contributed by atoms with van der Waals surface area (Å²) >= 11 is 0. The maximum atomic E-state index is 13.0. The van der Waals surface area contributed by atoms with Gasteiger partial charge in [0.15, 0.2) is 12.4 Å². The van der Waals surface area contributed by atoms with Gasteiger partial charge in [-0.25, -0.2) is 18.9 Å². The Morgan fingerprint density at radius 3 is 2.90 bits per heavy atom. The topological polar surface area (TPSA) is 83.0 Å². The number of hydrogen-bond acceptors (Lipinski definition) is 5. The molecule has 0 saturated carbocycles. The van der Waals surface area contributed by atoms with Crippen molar-refractivity contribution in [2.24, 2.45) is 5.92 Å². The van der Waals surface area contributed by atoms with Gasteiger partial charge < -0.3 is 10.5 Å². The van der Waals surface area contributed by atoms with E-state index in [0.29, 0.717) is 18.3 Å². The third-order valence-corrected chi connectivity index (χ3v) is 2.80. The Hall–Kier alpha value is -2.44. The first kappa shape index (κ1) is 15.0. The molecule has 0 saturated heterocycles. The van der Waals surface area contributed by atoms with Gasteiger partial charge in [0.05, 0.1) is 11.3 Å². The third-order valence-electron chi connectivity index (χ3n) is 2.80. The van der Waals surface area contributed by atoms with E-state index < -0.39 is 11.8 Å². The summed E-state index contributed by atoms with van der Waals surface area (Å²) in [5.74, 6) is -0.186. The molecule has 0 amide bonds. The van der Waals surface area contributed by atoms with E-state index in [-0.39, 0.29) is 17.9 Å². The van der Waals surface area contributed by atoms with E-state index in [1.807, 2.05) is 0 Å². The maximum absolute atomic E-state index is 13.0. The molecule has 0 aliphatic rings. The molecular weight excluding hydrogens is 275 g/mol. The number of ether oxygens (including phenoxy) is 1. The fourth-order valence-electron chi connectivity index (χ4n) is 1.78. The van der Waals surface area contributed by atoms with Gasteiger partial charge in [0, 0.05) is 6.54 Å². The number of hydrogen-bond donors (Lipinski definition) is 1. The fraction of sp³-hybridized carbons (Fsp3) is 0.357. The minimum absolute atomic E-state index is 0.00281. The normalized spacial score (nSPS) is 10.9. The van der Waals surface area contributed by atoms with Crippen LogP contribution in [-0.4, -0.2) is 20.7 Å². The average Bonchev–Trinajstić information content (AvgIpc) is 2.85. The predicted molar refractivity (Wildman–Crippen MR) is 74.8 cm³/mol. The number of carbonyl (C=O) groups is 1. The zero-order valence-corrected chi connectivity index (χ0v) is 11.9. The second-order valence-corrected chi connectivity index (χ2v) is 5.06. The van der Waals surface area contributed by atoms with Crippen molar-refractivity contribution >= 4 is 11.7 Å². The van der Waals surface area contributed by atoms with Crippen LogP contribution in [0.15, 0.2) is 24.5 Å². The second-order valence-electron chi connectivity index (χ2n) is 5.06. The lowest BCUT2D eigenvalue weighted by molar-refractivity contribution is 0.0456. The van der Waals surface area contributed by atoms with E-state index in [1.165, 1.54) is 18.5 Å². The molecule has 1 aromatic carbocycles. The summed E-state index contributed by atoms with van der Waals surface area (Å²) in [4.78, 5) is 15.9. The number of anilines is 1. The van der Waals surface area contributed by atoms with Crippen molar-refractivity contribution in [1.82, 2.24) is 14.8 Å². The molecule has 0 aliphatic carbocycles. The number of carbonyl (C=O) groups excluding carboxylic acids is 1. The molecular formula is C14H17FN4O2. The van der Waals surface area contributed by atoms with E-state index in [2.05, 4.69) is 23.9 Å². The molecule has 1 aromatic heterocycles. The van der Waals surface area contributed by atoms with Gasteiger partial charge in [-0.1, -0.05) is 13.8 Å². The number of nitrogen functional groups attached to an aromatic ring is 1. The number of aromatic nitrogens is 3. The van der Waals surface area contributed by atoms with Crippen molar-refractivity contribution in [1.29, 1.82) is 0 Å². The number of nitrogens with zero attached hydrogens (tertiary/aromatic N) is 3. The van der Waals surface area contributed by atoms with E-state index in [1.54, 1.807) is 4.68 Å². The summed E-state index contributed by atoms with van der Waals surface area (Å²) < 4.78 is 19.9. The summed E-state index contributed by atoms with van der Waals surface area (Å²) in [6.07, 6.45) is 1.42. The van der Waals surface area contributed by atoms with Crippen LogP contribution in [0.25, 0.3) is 0 Å². The van der Waals surface area contributed by atoms with E-state index >= 15 is 0 Å². The van der Waals surface area contributed by atoms with Crippen molar-refractivity contribution in [2.45, 2.75) is 27.0 Å². The molecule has 21 heavy (non-hydrogen) atoms. The van der Waals surface area contributed by atoms with E-state index in [0.717, 1.165) is 6.07 Å². The SMILES string of the molecule is CC(C)Cn1ncnc1COC(=O)c1ccc(F)c(N)c1. The smallest absolute Gasteiger partial charge is 0.338 e. The summed E-state index contributed by atoms with van der Waals surface area (Å²) in [7, 11) is 0. The largest absolute Gasteiger partial charge is 0.454 e. The van der Waals surface area contributed by atoms with Crippen molar-refractivity contribution < 1.29 is 13.9 Å². The van der Waals surface area contributed by atoms with Crippen LogP contribution in [0.4, 0.5) is 10.1 Å².